The summed E-state index contributed by atoms with van der Waals surface area (Å²) in [7, 11) is 0. The van der Waals surface area contributed by atoms with Crippen molar-refractivity contribution in [2.24, 2.45) is 0 Å². The third-order valence-electron chi connectivity index (χ3n) is 3.45. The van der Waals surface area contributed by atoms with E-state index < -0.39 is 0 Å². The van der Waals surface area contributed by atoms with Gasteiger partial charge in [-0.1, -0.05) is 6.07 Å². The lowest BCUT2D eigenvalue weighted by atomic mass is 10.2. The highest BCUT2D eigenvalue weighted by Gasteiger charge is 2.20. The highest BCUT2D eigenvalue weighted by Crippen LogP contribution is 2.29. The number of aromatic nitrogens is 2. The molecule has 0 spiro atoms. The molecule has 0 unspecified atom stereocenters. The molecule has 2 heterocycles. The Kier molecular flexibility index (Phi) is 3.81. The van der Waals surface area contributed by atoms with Crippen LogP contribution in [0.5, 0.6) is 0 Å². The Hall–Kier alpha value is -1.33. The summed E-state index contributed by atoms with van der Waals surface area (Å²) in [6, 6.07) is 2.91. The highest BCUT2D eigenvalue weighted by molar-refractivity contribution is 7.99. The fraction of sp³-hybridized carbons (Fsp3) is 0.467. The number of nitrogens with zero attached hydrogens (tertiary/aromatic N) is 2. The fourth-order valence-corrected chi connectivity index (χ4v) is 2.78. The van der Waals surface area contributed by atoms with Crippen molar-refractivity contribution >= 4 is 11.8 Å². The van der Waals surface area contributed by atoms with Crippen molar-refractivity contribution in [2.45, 2.75) is 56.4 Å². The number of hydrogen-bond donors (Lipinski definition) is 1. The van der Waals surface area contributed by atoms with Gasteiger partial charge in [0.1, 0.15) is 10.8 Å². The van der Waals surface area contributed by atoms with E-state index in [1.807, 2.05) is 20.0 Å². The van der Waals surface area contributed by atoms with Crippen molar-refractivity contribution in [2.75, 3.05) is 0 Å². The molecule has 0 saturated heterocycles. The summed E-state index contributed by atoms with van der Waals surface area (Å²) in [5.41, 5.74) is 3.34. The first-order valence-electron chi connectivity index (χ1n) is 6.92. The van der Waals surface area contributed by atoms with Crippen LogP contribution < -0.4 is 5.32 Å². The van der Waals surface area contributed by atoms with Gasteiger partial charge < -0.3 is 9.73 Å². The highest BCUT2D eigenvalue weighted by atomic mass is 32.2. The van der Waals surface area contributed by atoms with Gasteiger partial charge in [-0.2, -0.15) is 0 Å². The summed E-state index contributed by atoms with van der Waals surface area (Å²) >= 11 is 1.49. The van der Waals surface area contributed by atoms with Crippen LogP contribution in [-0.4, -0.2) is 16.0 Å². The monoisotopic (exact) mass is 289 g/mol. The van der Waals surface area contributed by atoms with Gasteiger partial charge in [-0.25, -0.2) is 9.97 Å². The quantitative estimate of drug-likeness (QED) is 0.914. The van der Waals surface area contributed by atoms with Gasteiger partial charge in [0.2, 0.25) is 0 Å². The molecule has 3 rings (SSSR count). The Bertz CT molecular complexity index is 600. The maximum absolute atomic E-state index is 5.59. The molecule has 20 heavy (non-hydrogen) atoms. The lowest BCUT2D eigenvalue weighted by Crippen LogP contribution is -2.15. The molecule has 2 aromatic heterocycles. The summed E-state index contributed by atoms with van der Waals surface area (Å²) in [5.74, 6) is 0.871. The molecule has 1 aliphatic rings. The van der Waals surface area contributed by atoms with Gasteiger partial charge in [-0.3, -0.25) is 0 Å². The van der Waals surface area contributed by atoms with Crippen LogP contribution in [0, 0.1) is 20.8 Å². The second kappa shape index (κ2) is 5.58. The van der Waals surface area contributed by atoms with E-state index in [1.165, 1.54) is 35.7 Å². The predicted octanol–water partition coefficient (Wildman–Crippen LogP) is 3.40. The van der Waals surface area contributed by atoms with E-state index in [9.17, 15) is 0 Å². The van der Waals surface area contributed by atoms with E-state index in [0.717, 1.165) is 29.1 Å². The van der Waals surface area contributed by atoms with Crippen molar-refractivity contribution in [3.05, 3.63) is 34.8 Å². The van der Waals surface area contributed by atoms with Crippen LogP contribution in [0.25, 0.3) is 0 Å². The van der Waals surface area contributed by atoms with E-state index in [0.29, 0.717) is 5.22 Å². The SMILES string of the molecule is Cc1cc(CNC2CC2)cnc1Sc1nc(C)c(C)o1. The number of oxazole rings is 1. The first-order valence-corrected chi connectivity index (χ1v) is 7.74. The second-order valence-corrected chi connectivity index (χ2v) is 6.28. The molecule has 106 valence electrons. The minimum absolute atomic E-state index is 0.666. The number of rotatable bonds is 5. The van der Waals surface area contributed by atoms with Crippen molar-refractivity contribution < 1.29 is 4.42 Å². The summed E-state index contributed by atoms with van der Waals surface area (Å²) in [6.45, 7) is 6.87. The number of pyridine rings is 1. The normalized spacial score (nSPS) is 14.8. The molecule has 1 N–H and O–H groups in total. The zero-order chi connectivity index (χ0) is 14.1. The molecule has 0 radical (unpaired) electrons. The van der Waals surface area contributed by atoms with Gasteiger partial charge in [0.05, 0.1) is 5.69 Å². The van der Waals surface area contributed by atoms with Gasteiger partial charge >= 0.3 is 0 Å². The molecule has 1 aliphatic carbocycles. The molecule has 0 atom stereocenters. The summed E-state index contributed by atoms with van der Waals surface area (Å²) in [5, 5.41) is 5.13. The van der Waals surface area contributed by atoms with E-state index in [4.69, 9.17) is 4.42 Å². The predicted molar refractivity (Wildman–Crippen MR) is 78.9 cm³/mol. The molecule has 0 bridgehead atoms. The zero-order valence-corrected chi connectivity index (χ0v) is 12.9. The molecule has 0 amide bonds. The first kappa shape index (κ1) is 13.6. The molecular formula is C15H19N3OS. The van der Waals surface area contributed by atoms with Crippen LogP contribution in [0.15, 0.2) is 26.9 Å². The summed E-state index contributed by atoms with van der Waals surface area (Å²) in [4.78, 5) is 8.91. The van der Waals surface area contributed by atoms with Crippen LogP contribution in [-0.2, 0) is 6.54 Å². The molecule has 0 aliphatic heterocycles. The van der Waals surface area contributed by atoms with E-state index in [2.05, 4.69) is 28.3 Å². The van der Waals surface area contributed by atoms with E-state index >= 15 is 0 Å². The molecule has 1 fully saturated rings. The maximum atomic E-state index is 5.59. The van der Waals surface area contributed by atoms with Crippen LogP contribution in [0.3, 0.4) is 0 Å². The standard InChI is InChI=1S/C15H19N3OS/c1-9-6-12(7-16-13-4-5-13)8-17-14(9)20-15-18-10(2)11(3)19-15/h6,8,13,16H,4-5,7H2,1-3H3. The fourth-order valence-electron chi connectivity index (χ4n) is 1.94. The third kappa shape index (κ3) is 3.22. The van der Waals surface area contributed by atoms with Crippen LogP contribution >= 0.6 is 11.8 Å². The number of aryl methyl sites for hydroxylation is 3. The molecule has 1 saturated carbocycles. The summed E-state index contributed by atoms with van der Waals surface area (Å²) in [6.07, 6.45) is 4.56. The average Bonchev–Trinajstić information content (AvgIpc) is 3.18. The van der Waals surface area contributed by atoms with Crippen molar-refractivity contribution in [1.29, 1.82) is 0 Å². The van der Waals surface area contributed by atoms with Crippen LogP contribution in [0.1, 0.15) is 35.4 Å². The van der Waals surface area contributed by atoms with Crippen molar-refractivity contribution in [3.63, 3.8) is 0 Å². The largest absolute Gasteiger partial charge is 0.436 e. The van der Waals surface area contributed by atoms with Gasteiger partial charge in [0.15, 0.2) is 0 Å². The number of nitrogens with one attached hydrogen (secondary N) is 1. The Morgan fingerprint density at radius 1 is 1.35 bits per heavy atom. The zero-order valence-electron chi connectivity index (χ0n) is 12.1. The minimum atomic E-state index is 0.666. The van der Waals surface area contributed by atoms with Gasteiger partial charge in [-0.15, -0.1) is 0 Å². The minimum Gasteiger partial charge on any atom is -0.436 e. The maximum Gasteiger partial charge on any atom is 0.262 e. The van der Waals surface area contributed by atoms with E-state index in [1.54, 1.807) is 0 Å². The molecule has 4 nitrogen and oxygen atoms in total. The van der Waals surface area contributed by atoms with Crippen LogP contribution in [0.4, 0.5) is 0 Å². The molecular weight excluding hydrogens is 270 g/mol. The lowest BCUT2D eigenvalue weighted by molar-refractivity contribution is 0.431. The van der Waals surface area contributed by atoms with E-state index in [-0.39, 0.29) is 0 Å². The van der Waals surface area contributed by atoms with Crippen molar-refractivity contribution in [3.8, 4) is 0 Å². The van der Waals surface area contributed by atoms with Crippen LogP contribution in [0.2, 0.25) is 0 Å². The lowest BCUT2D eigenvalue weighted by Gasteiger charge is -2.06. The second-order valence-electron chi connectivity index (χ2n) is 5.34. The van der Waals surface area contributed by atoms with Gasteiger partial charge in [0, 0.05) is 18.8 Å². The third-order valence-corrected chi connectivity index (χ3v) is 4.42. The Labute approximate surface area is 123 Å². The molecule has 5 heteroatoms. The Morgan fingerprint density at radius 2 is 2.15 bits per heavy atom. The van der Waals surface area contributed by atoms with Gasteiger partial charge in [0.25, 0.3) is 5.22 Å². The average molecular weight is 289 g/mol. The van der Waals surface area contributed by atoms with Crippen molar-refractivity contribution in [1.82, 2.24) is 15.3 Å². The molecule has 2 aromatic rings. The first-order chi connectivity index (χ1) is 9.61. The topological polar surface area (TPSA) is 51.0 Å². The van der Waals surface area contributed by atoms with Gasteiger partial charge in [-0.05, 0) is 56.5 Å². The molecule has 0 aromatic carbocycles. The Morgan fingerprint density at radius 3 is 2.75 bits per heavy atom. The number of hydrogen-bond acceptors (Lipinski definition) is 5. The Balaban J connectivity index is 1.69. The smallest absolute Gasteiger partial charge is 0.262 e. The summed E-state index contributed by atoms with van der Waals surface area (Å²) < 4.78 is 5.59.